The van der Waals surface area contributed by atoms with E-state index in [9.17, 15) is 14.7 Å². The van der Waals surface area contributed by atoms with Gasteiger partial charge in [-0.25, -0.2) is 0 Å². The Bertz CT molecular complexity index is 1060. The summed E-state index contributed by atoms with van der Waals surface area (Å²) in [5.41, 5.74) is 2.89. The molecular formula is C28H34ClNO4S2. The van der Waals surface area contributed by atoms with E-state index in [0.717, 1.165) is 16.8 Å². The van der Waals surface area contributed by atoms with Crippen LogP contribution in [0.5, 0.6) is 0 Å². The van der Waals surface area contributed by atoms with E-state index in [1.54, 1.807) is 18.7 Å². The molecule has 0 saturated carbocycles. The highest BCUT2D eigenvalue weighted by atomic mass is 35.5. The van der Waals surface area contributed by atoms with E-state index in [1.165, 1.54) is 11.8 Å². The van der Waals surface area contributed by atoms with Crippen molar-refractivity contribution in [1.82, 2.24) is 0 Å². The molecule has 5 nitrogen and oxygen atoms in total. The molecule has 0 bridgehead atoms. The van der Waals surface area contributed by atoms with Gasteiger partial charge in [0.1, 0.15) is 0 Å². The van der Waals surface area contributed by atoms with E-state index in [-0.39, 0.29) is 28.2 Å². The monoisotopic (exact) mass is 547 g/mol. The molecule has 2 aliphatic rings. The number of aliphatic imine (C=N–C) groups is 1. The Morgan fingerprint density at radius 3 is 2.56 bits per heavy atom. The Morgan fingerprint density at radius 1 is 1.14 bits per heavy atom. The predicted octanol–water partition coefficient (Wildman–Crippen LogP) is 7.46. The van der Waals surface area contributed by atoms with E-state index in [0.29, 0.717) is 10.8 Å². The second kappa shape index (κ2) is 15.1. The summed E-state index contributed by atoms with van der Waals surface area (Å²) in [6.07, 6.45) is 14.1. The number of aliphatic carboxylic acids is 2. The Kier molecular flexibility index (Phi) is 12.6. The molecule has 2 N–H and O–H groups in total. The third kappa shape index (κ3) is 9.68. The minimum Gasteiger partial charge on any atom is -0.481 e. The molecule has 8 heteroatoms. The summed E-state index contributed by atoms with van der Waals surface area (Å²) in [7, 11) is 0. The molecule has 1 aromatic carbocycles. The Balaban J connectivity index is 0.00000222. The van der Waals surface area contributed by atoms with E-state index in [4.69, 9.17) is 21.7 Å². The Morgan fingerprint density at radius 2 is 1.86 bits per heavy atom. The summed E-state index contributed by atoms with van der Waals surface area (Å²) >= 11 is 9.22. The van der Waals surface area contributed by atoms with Crippen molar-refractivity contribution in [2.24, 2.45) is 16.8 Å². The third-order valence-electron chi connectivity index (χ3n) is 5.36. The fraction of sp³-hybridized carbons (Fsp3) is 0.393. The maximum Gasteiger partial charge on any atom is 0.307 e. The first-order valence-electron chi connectivity index (χ1n) is 12.0. The maximum atomic E-state index is 11.3. The van der Waals surface area contributed by atoms with Crippen LogP contribution < -0.4 is 0 Å². The fourth-order valence-electron chi connectivity index (χ4n) is 3.48. The average Bonchev–Trinajstić information content (AvgIpc) is 2.85. The number of dihydropyridines is 1. The van der Waals surface area contributed by atoms with Gasteiger partial charge in [-0.2, -0.15) is 0 Å². The highest BCUT2D eigenvalue weighted by molar-refractivity contribution is 8.16. The molecule has 3 unspecified atom stereocenters. The van der Waals surface area contributed by atoms with Crippen molar-refractivity contribution in [3.05, 3.63) is 76.9 Å². The van der Waals surface area contributed by atoms with Gasteiger partial charge in [0, 0.05) is 22.0 Å². The number of hydrogen-bond donors (Lipinski definition) is 2. The quantitative estimate of drug-likeness (QED) is 0.279. The summed E-state index contributed by atoms with van der Waals surface area (Å²) in [5.74, 6) is -1.48. The summed E-state index contributed by atoms with van der Waals surface area (Å²) in [6, 6.07) is 8.05. The van der Waals surface area contributed by atoms with E-state index >= 15 is 0 Å². The number of halogens is 1. The molecule has 0 spiro atoms. The van der Waals surface area contributed by atoms with Gasteiger partial charge in [-0.15, -0.1) is 23.5 Å². The number of hydrogen-bond acceptors (Lipinski definition) is 5. The Labute approximate surface area is 227 Å². The summed E-state index contributed by atoms with van der Waals surface area (Å²) in [5, 5.41) is 19.0. The van der Waals surface area contributed by atoms with E-state index < -0.39 is 17.9 Å². The van der Waals surface area contributed by atoms with Crippen LogP contribution in [0.4, 0.5) is 0 Å². The number of allylic oxidation sites excluding steroid dienone is 4. The lowest BCUT2D eigenvalue weighted by Gasteiger charge is -2.22. The summed E-state index contributed by atoms with van der Waals surface area (Å²) in [6.45, 7) is 7.57. The van der Waals surface area contributed by atoms with Crippen LogP contribution in [-0.4, -0.2) is 44.9 Å². The second-order valence-corrected chi connectivity index (χ2v) is 11.8. The van der Waals surface area contributed by atoms with Crippen molar-refractivity contribution >= 4 is 58.9 Å². The molecule has 0 saturated heterocycles. The number of thioether (sulfide) groups is 2. The third-order valence-corrected chi connectivity index (χ3v) is 8.77. The molecule has 0 radical (unpaired) electrons. The number of fused-ring (bicyclic) bond motifs is 1. The van der Waals surface area contributed by atoms with E-state index in [2.05, 4.69) is 18.2 Å². The van der Waals surface area contributed by atoms with Crippen LogP contribution in [0.25, 0.3) is 6.08 Å². The number of nitrogens with zero attached hydrogens (tertiary/aromatic N) is 1. The molecule has 0 fully saturated rings. The van der Waals surface area contributed by atoms with Gasteiger partial charge in [0.25, 0.3) is 0 Å². The van der Waals surface area contributed by atoms with Gasteiger partial charge >= 0.3 is 11.9 Å². The SMILES string of the molecule is CC.C[C@H](CSC(S[C@@H](C)CC(=O)O)c1cccc(/C=C/C2=NC3C=C(Cl)C=CC3C=C2)c1)C(=O)O. The van der Waals surface area contributed by atoms with E-state index in [1.807, 2.05) is 69.4 Å². The van der Waals surface area contributed by atoms with Crippen LogP contribution in [0.3, 0.4) is 0 Å². The average molecular weight is 548 g/mol. The highest BCUT2D eigenvalue weighted by Crippen LogP contribution is 2.43. The minimum absolute atomic E-state index is 0.0117. The molecule has 1 heterocycles. The van der Waals surface area contributed by atoms with Crippen LogP contribution in [-0.2, 0) is 9.59 Å². The van der Waals surface area contributed by atoms with Crippen LogP contribution >= 0.6 is 35.1 Å². The lowest BCUT2D eigenvalue weighted by atomic mass is 9.92. The van der Waals surface area contributed by atoms with Crippen molar-refractivity contribution in [1.29, 1.82) is 0 Å². The number of rotatable bonds is 11. The molecule has 5 atom stereocenters. The van der Waals surface area contributed by atoms with Crippen molar-refractivity contribution < 1.29 is 19.8 Å². The number of carbonyl (C=O) groups is 2. The molecular weight excluding hydrogens is 514 g/mol. The summed E-state index contributed by atoms with van der Waals surface area (Å²) < 4.78 is -0.0709. The van der Waals surface area contributed by atoms with Gasteiger partial charge in [0.15, 0.2) is 0 Å². The highest BCUT2D eigenvalue weighted by Gasteiger charge is 2.22. The second-order valence-electron chi connectivity index (χ2n) is 8.34. The number of benzene rings is 1. The molecule has 0 aromatic heterocycles. The Hall–Kier alpha value is -2.22. The number of carboxylic acids is 2. The first-order valence-corrected chi connectivity index (χ1v) is 14.4. The van der Waals surface area contributed by atoms with Crippen molar-refractivity contribution in [2.75, 3.05) is 5.75 Å². The normalized spacial score (nSPS) is 20.9. The first-order chi connectivity index (χ1) is 17.2. The molecule has 0 amide bonds. The molecule has 1 aromatic rings. The largest absolute Gasteiger partial charge is 0.481 e. The van der Waals surface area contributed by atoms with Gasteiger partial charge in [0.05, 0.1) is 28.7 Å². The van der Waals surface area contributed by atoms with Crippen LogP contribution in [0.2, 0.25) is 0 Å². The zero-order valence-electron chi connectivity index (χ0n) is 21.0. The van der Waals surface area contributed by atoms with Crippen LogP contribution in [0.1, 0.15) is 49.8 Å². The van der Waals surface area contributed by atoms with Crippen LogP contribution in [0.15, 0.2) is 70.7 Å². The number of carboxylic acid groups (broad SMARTS) is 2. The van der Waals surface area contributed by atoms with Gasteiger partial charge in [-0.05, 0) is 41.5 Å². The smallest absolute Gasteiger partial charge is 0.307 e. The fourth-order valence-corrected chi connectivity index (χ4v) is 6.71. The predicted molar refractivity (Wildman–Crippen MR) is 155 cm³/mol. The van der Waals surface area contributed by atoms with Gasteiger partial charge in [0.2, 0.25) is 0 Å². The molecule has 194 valence electrons. The van der Waals surface area contributed by atoms with Crippen molar-refractivity contribution in [2.45, 2.75) is 50.0 Å². The summed E-state index contributed by atoms with van der Waals surface area (Å²) in [4.78, 5) is 27.2. The zero-order valence-corrected chi connectivity index (χ0v) is 23.4. The van der Waals surface area contributed by atoms with Gasteiger partial charge in [-0.3, -0.25) is 14.6 Å². The van der Waals surface area contributed by atoms with Crippen LogP contribution in [0, 0.1) is 11.8 Å². The van der Waals surface area contributed by atoms with Crippen molar-refractivity contribution in [3.8, 4) is 0 Å². The zero-order chi connectivity index (χ0) is 26.7. The maximum absolute atomic E-state index is 11.3. The molecule has 36 heavy (non-hydrogen) atoms. The lowest BCUT2D eigenvalue weighted by Crippen LogP contribution is -2.20. The van der Waals surface area contributed by atoms with Gasteiger partial charge < -0.3 is 10.2 Å². The standard InChI is InChI=1S/C26H28ClNO4S2.C2H6/c1-16(25(31)32)15-33-26(34-17(2)12-24(29)30)20-5-3-4-18(13-20)6-10-22-11-8-19-7-9-21(27)14-23(19)28-22;1-2/h3-11,13-14,16-17,19,23,26H,12,15H2,1-2H3,(H,29,30)(H,31,32);1-2H3/b10-6+;/t16-,17+,19?,23?,26?;/m1./s1. The lowest BCUT2D eigenvalue weighted by molar-refractivity contribution is -0.140. The molecule has 1 aliphatic carbocycles. The van der Waals surface area contributed by atoms with Gasteiger partial charge in [-0.1, -0.05) is 75.7 Å². The minimum atomic E-state index is -0.840. The first kappa shape index (κ1) is 30.0. The topological polar surface area (TPSA) is 87.0 Å². The van der Waals surface area contributed by atoms with Crippen molar-refractivity contribution in [3.63, 3.8) is 0 Å². The molecule has 1 aliphatic heterocycles. The molecule has 3 rings (SSSR count).